The van der Waals surface area contributed by atoms with E-state index in [-0.39, 0.29) is 12.0 Å². The number of carboxylic acid groups (broad SMARTS) is 1. The second kappa shape index (κ2) is 8.35. The lowest BCUT2D eigenvalue weighted by atomic mass is 10.0. The van der Waals surface area contributed by atoms with Crippen molar-refractivity contribution in [3.05, 3.63) is 12.4 Å². The fourth-order valence-corrected chi connectivity index (χ4v) is 1.81. The predicted molar refractivity (Wildman–Crippen MR) is 76.9 cm³/mol. The molecular weight excluding hydrogens is 258 g/mol. The van der Waals surface area contributed by atoms with Crippen molar-refractivity contribution in [3.8, 4) is 5.88 Å². The number of aromatic nitrogens is 2. The van der Waals surface area contributed by atoms with Gasteiger partial charge in [-0.05, 0) is 26.7 Å². The highest BCUT2D eigenvalue weighted by Crippen LogP contribution is 2.14. The summed E-state index contributed by atoms with van der Waals surface area (Å²) in [5.74, 6) is 0.156. The molecule has 1 aromatic heterocycles. The molecule has 0 radical (unpaired) electrons. The van der Waals surface area contributed by atoms with Crippen LogP contribution < -0.4 is 10.1 Å². The summed E-state index contributed by atoms with van der Waals surface area (Å²) in [4.78, 5) is 19.1. The van der Waals surface area contributed by atoms with Gasteiger partial charge in [-0.2, -0.15) is 4.98 Å². The number of nitrogens with one attached hydrogen (secondary N) is 1. The number of carboxylic acids is 1. The van der Waals surface area contributed by atoms with Crippen LogP contribution in [0, 0.1) is 5.92 Å². The average Bonchev–Trinajstić information content (AvgIpc) is 2.39. The summed E-state index contributed by atoms with van der Waals surface area (Å²) in [5, 5.41) is 12.1. The number of aliphatic carboxylic acids is 1. The molecule has 20 heavy (non-hydrogen) atoms. The molecule has 0 aliphatic heterocycles. The van der Waals surface area contributed by atoms with Gasteiger partial charge in [0.15, 0.2) is 0 Å². The lowest BCUT2D eigenvalue weighted by molar-refractivity contribution is -0.141. The molecule has 112 valence electrons. The second-order valence-corrected chi connectivity index (χ2v) is 4.89. The minimum absolute atomic E-state index is 0.210. The molecule has 6 nitrogen and oxygen atoms in total. The molecule has 1 aromatic rings. The number of ether oxygens (including phenoxy) is 1. The Labute approximate surface area is 119 Å². The molecule has 1 heterocycles. The summed E-state index contributed by atoms with van der Waals surface area (Å²) in [7, 11) is 0. The molecule has 0 bridgehead atoms. The highest BCUT2D eigenvalue weighted by Gasteiger charge is 2.11. The molecule has 0 aliphatic rings. The number of nitrogens with zero attached hydrogens (tertiary/aromatic N) is 2. The average molecular weight is 281 g/mol. The van der Waals surface area contributed by atoms with Crippen LogP contribution in [0.4, 0.5) is 5.82 Å². The van der Waals surface area contributed by atoms with Gasteiger partial charge >= 0.3 is 5.97 Å². The molecule has 6 heteroatoms. The van der Waals surface area contributed by atoms with E-state index in [1.54, 1.807) is 19.3 Å². The first-order valence-corrected chi connectivity index (χ1v) is 6.97. The zero-order valence-electron chi connectivity index (χ0n) is 12.3. The highest BCUT2D eigenvalue weighted by molar-refractivity contribution is 5.69. The number of rotatable bonds is 9. The Morgan fingerprint density at radius 1 is 1.40 bits per heavy atom. The number of carbonyl (C=O) groups is 1. The van der Waals surface area contributed by atoms with Gasteiger partial charge in [-0.3, -0.25) is 9.78 Å². The van der Waals surface area contributed by atoms with Crippen molar-refractivity contribution in [3.63, 3.8) is 0 Å². The summed E-state index contributed by atoms with van der Waals surface area (Å²) in [5.41, 5.74) is 0. The largest absolute Gasteiger partial charge is 0.481 e. The van der Waals surface area contributed by atoms with Crippen molar-refractivity contribution >= 4 is 11.8 Å². The maximum Gasteiger partial charge on any atom is 0.306 e. The standard InChI is InChI=1S/C14H23N3O3/c1-4-20-13-9-15-8-12(17-13)16-11(3)7-5-6-10(2)14(18)19/h8-11H,4-7H2,1-3H3,(H,16,17)(H,18,19). The fraction of sp³-hybridized carbons (Fsp3) is 0.643. The monoisotopic (exact) mass is 281 g/mol. The van der Waals surface area contributed by atoms with Gasteiger partial charge in [0.1, 0.15) is 5.82 Å². The zero-order chi connectivity index (χ0) is 15.0. The van der Waals surface area contributed by atoms with Crippen LogP contribution in [-0.4, -0.2) is 33.7 Å². The molecule has 0 fully saturated rings. The quantitative estimate of drug-likeness (QED) is 0.723. The van der Waals surface area contributed by atoms with Crippen molar-refractivity contribution in [1.82, 2.24) is 9.97 Å². The summed E-state index contributed by atoms with van der Waals surface area (Å²) in [6, 6.07) is 0.210. The normalized spacial score (nSPS) is 13.6. The Morgan fingerprint density at radius 2 is 2.15 bits per heavy atom. The topological polar surface area (TPSA) is 84.3 Å². The maximum atomic E-state index is 10.7. The Balaban J connectivity index is 2.36. The van der Waals surface area contributed by atoms with Gasteiger partial charge in [-0.25, -0.2) is 0 Å². The lowest BCUT2D eigenvalue weighted by Gasteiger charge is -2.15. The van der Waals surface area contributed by atoms with E-state index in [9.17, 15) is 4.79 Å². The molecule has 2 atom stereocenters. The van der Waals surface area contributed by atoms with Gasteiger partial charge in [-0.15, -0.1) is 0 Å². The maximum absolute atomic E-state index is 10.7. The third-order valence-electron chi connectivity index (χ3n) is 2.99. The van der Waals surface area contributed by atoms with E-state index in [0.717, 1.165) is 12.8 Å². The molecule has 0 aromatic carbocycles. The third kappa shape index (κ3) is 5.86. The minimum Gasteiger partial charge on any atom is -0.481 e. The van der Waals surface area contributed by atoms with E-state index < -0.39 is 5.97 Å². The van der Waals surface area contributed by atoms with E-state index in [2.05, 4.69) is 15.3 Å². The van der Waals surface area contributed by atoms with Gasteiger partial charge in [-0.1, -0.05) is 13.3 Å². The molecule has 0 saturated heterocycles. The van der Waals surface area contributed by atoms with Crippen LogP contribution in [0.5, 0.6) is 5.88 Å². The predicted octanol–water partition coefficient (Wildman–Crippen LogP) is 2.57. The van der Waals surface area contributed by atoms with E-state index in [4.69, 9.17) is 9.84 Å². The van der Waals surface area contributed by atoms with Crippen LogP contribution in [0.2, 0.25) is 0 Å². The van der Waals surface area contributed by atoms with E-state index in [0.29, 0.717) is 24.7 Å². The van der Waals surface area contributed by atoms with Gasteiger partial charge < -0.3 is 15.2 Å². The number of hydrogen-bond donors (Lipinski definition) is 2. The number of hydrogen-bond acceptors (Lipinski definition) is 5. The van der Waals surface area contributed by atoms with Crippen LogP contribution in [0.15, 0.2) is 12.4 Å². The highest BCUT2D eigenvalue weighted by atomic mass is 16.5. The second-order valence-electron chi connectivity index (χ2n) is 4.89. The van der Waals surface area contributed by atoms with Crippen molar-refractivity contribution in [1.29, 1.82) is 0 Å². The fourth-order valence-electron chi connectivity index (χ4n) is 1.81. The summed E-state index contributed by atoms with van der Waals surface area (Å²) in [6.45, 7) is 6.23. The smallest absolute Gasteiger partial charge is 0.306 e. The Kier molecular flexibility index (Phi) is 6.76. The molecule has 2 N–H and O–H groups in total. The Bertz CT molecular complexity index is 426. The molecule has 0 aliphatic carbocycles. The summed E-state index contributed by atoms with van der Waals surface area (Å²) >= 11 is 0. The van der Waals surface area contributed by atoms with Crippen molar-refractivity contribution < 1.29 is 14.6 Å². The van der Waals surface area contributed by atoms with Crippen LogP contribution in [0.1, 0.15) is 40.0 Å². The summed E-state index contributed by atoms with van der Waals surface area (Å²) in [6.07, 6.45) is 5.66. The van der Waals surface area contributed by atoms with Crippen molar-refractivity contribution in [2.75, 3.05) is 11.9 Å². The Hall–Kier alpha value is -1.85. The Morgan fingerprint density at radius 3 is 2.80 bits per heavy atom. The molecule has 2 unspecified atom stereocenters. The van der Waals surface area contributed by atoms with Crippen LogP contribution in [0.3, 0.4) is 0 Å². The molecule has 0 saturated carbocycles. The van der Waals surface area contributed by atoms with E-state index in [1.807, 2.05) is 13.8 Å². The van der Waals surface area contributed by atoms with Crippen molar-refractivity contribution in [2.24, 2.45) is 5.92 Å². The first-order valence-electron chi connectivity index (χ1n) is 6.97. The first-order chi connectivity index (χ1) is 9.52. The molecule has 0 amide bonds. The van der Waals surface area contributed by atoms with Gasteiger partial charge in [0, 0.05) is 6.04 Å². The minimum atomic E-state index is -0.735. The van der Waals surface area contributed by atoms with Crippen molar-refractivity contribution in [2.45, 2.75) is 46.1 Å². The lowest BCUT2D eigenvalue weighted by Crippen LogP contribution is -2.17. The van der Waals surface area contributed by atoms with Crippen LogP contribution in [-0.2, 0) is 4.79 Å². The molecule has 0 spiro atoms. The van der Waals surface area contributed by atoms with Gasteiger partial charge in [0.2, 0.25) is 5.88 Å². The zero-order valence-corrected chi connectivity index (χ0v) is 12.3. The molecule has 1 rings (SSSR count). The van der Waals surface area contributed by atoms with E-state index in [1.165, 1.54) is 0 Å². The van der Waals surface area contributed by atoms with Crippen LogP contribution in [0.25, 0.3) is 0 Å². The molecular formula is C14H23N3O3. The van der Waals surface area contributed by atoms with Gasteiger partial charge in [0.05, 0.1) is 24.9 Å². The first kappa shape index (κ1) is 16.2. The van der Waals surface area contributed by atoms with E-state index >= 15 is 0 Å². The van der Waals surface area contributed by atoms with Gasteiger partial charge in [0.25, 0.3) is 0 Å². The number of anilines is 1. The third-order valence-corrected chi connectivity index (χ3v) is 2.99. The van der Waals surface area contributed by atoms with Crippen LogP contribution >= 0.6 is 0 Å². The summed E-state index contributed by atoms with van der Waals surface area (Å²) < 4.78 is 5.29. The SMILES string of the molecule is CCOc1cncc(NC(C)CCCC(C)C(=O)O)n1.